The number of nitrogens with zero attached hydrogens (tertiary/aromatic N) is 1. The molecule has 1 saturated carbocycles. The summed E-state index contributed by atoms with van der Waals surface area (Å²) in [4.78, 5) is 26.2. The number of urea groups is 1. The number of hydrogen-bond donors (Lipinski definition) is 2. The summed E-state index contributed by atoms with van der Waals surface area (Å²) in [6.07, 6.45) is 6.02. The van der Waals surface area contributed by atoms with Crippen LogP contribution in [0.25, 0.3) is 0 Å². The summed E-state index contributed by atoms with van der Waals surface area (Å²) in [5, 5.41) is 5.88. The van der Waals surface area contributed by atoms with Gasteiger partial charge in [0.05, 0.1) is 6.61 Å². The molecule has 1 aromatic rings. The van der Waals surface area contributed by atoms with Crippen LogP contribution in [0.5, 0.6) is 0 Å². The van der Waals surface area contributed by atoms with Crippen molar-refractivity contribution in [1.82, 2.24) is 5.32 Å². The van der Waals surface area contributed by atoms with E-state index in [0.29, 0.717) is 25.3 Å². The minimum absolute atomic E-state index is 0.0609. The Bertz CT molecular complexity index is 655. The van der Waals surface area contributed by atoms with Crippen LogP contribution in [0.15, 0.2) is 24.3 Å². The third-order valence-electron chi connectivity index (χ3n) is 5.61. The molecule has 0 aromatic heterocycles. The van der Waals surface area contributed by atoms with Gasteiger partial charge in [0.1, 0.15) is 0 Å². The molecule has 1 aliphatic heterocycles. The zero-order valence-corrected chi connectivity index (χ0v) is 15.7. The Morgan fingerprint density at radius 3 is 2.77 bits per heavy atom. The fourth-order valence-corrected chi connectivity index (χ4v) is 4.21. The molecule has 0 bridgehead atoms. The lowest BCUT2D eigenvalue weighted by atomic mass is 9.87. The van der Waals surface area contributed by atoms with Gasteiger partial charge in [-0.2, -0.15) is 0 Å². The number of anilines is 2. The van der Waals surface area contributed by atoms with Crippen LogP contribution < -0.4 is 15.5 Å². The zero-order chi connectivity index (χ0) is 18.6. The molecule has 26 heavy (non-hydrogen) atoms. The standard InChI is InChI=1S/C20H29N3O3/c1-15-8-9-18(24)23(15)17-7-5-6-16(12-17)22-19(25)21-13-20(14-26-2)10-3-4-11-20/h5-7,12,15H,3-4,8-11,13-14H2,1-2H3,(H2,21,22,25). The maximum Gasteiger partial charge on any atom is 0.319 e. The maximum absolute atomic E-state index is 12.3. The van der Waals surface area contributed by atoms with Crippen LogP contribution in [-0.4, -0.2) is 38.2 Å². The third-order valence-corrected chi connectivity index (χ3v) is 5.61. The Hall–Kier alpha value is -2.08. The molecule has 3 amide bonds. The van der Waals surface area contributed by atoms with Crippen molar-refractivity contribution >= 4 is 23.3 Å². The molecule has 0 spiro atoms. The van der Waals surface area contributed by atoms with E-state index >= 15 is 0 Å². The van der Waals surface area contributed by atoms with Crippen molar-refractivity contribution in [2.24, 2.45) is 5.41 Å². The summed E-state index contributed by atoms with van der Waals surface area (Å²) in [5.41, 5.74) is 1.59. The van der Waals surface area contributed by atoms with Crippen LogP contribution in [0.2, 0.25) is 0 Å². The molecular formula is C20H29N3O3. The Labute approximate surface area is 155 Å². The minimum atomic E-state index is -0.217. The van der Waals surface area contributed by atoms with Gasteiger partial charge in [0, 0.05) is 42.9 Å². The highest BCUT2D eigenvalue weighted by molar-refractivity contribution is 5.97. The monoisotopic (exact) mass is 359 g/mol. The molecule has 2 N–H and O–H groups in total. The SMILES string of the molecule is COCC1(CNC(=O)Nc2cccc(N3C(=O)CCC3C)c2)CCCC1. The van der Waals surface area contributed by atoms with E-state index in [2.05, 4.69) is 17.6 Å². The first-order chi connectivity index (χ1) is 12.5. The van der Waals surface area contributed by atoms with E-state index in [9.17, 15) is 9.59 Å². The summed E-state index contributed by atoms with van der Waals surface area (Å²) in [6.45, 7) is 3.35. The van der Waals surface area contributed by atoms with Gasteiger partial charge in [-0.05, 0) is 44.4 Å². The van der Waals surface area contributed by atoms with Gasteiger partial charge >= 0.3 is 6.03 Å². The molecule has 1 aromatic carbocycles. The molecule has 1 aliphatic carbocycles. The Balaban J connectivity index is 1.59. The number of rotatable bonds is 6. The van der Waals surface area contributed by atoms with Gasteiger partial charge in [0.15, 0.2) is 0 Å². The molecule has 142 valence electrons. The Morgan fingerprint density at radius 2 is 2.12 bits per heavy atom. The number of carbonyl (C=O) groups excluding carboxylic acids is 2. The Morgan fingerprint density at radius 1 is 1.35 bits per heavy atom. The third kappa shape index (κ3) is 4.18. The smallest absolute Gasteiger partial charge is 0.319 e. The van der Waals surface area contributed by atoms with Gasteiger partial charge < -0.3 is 20.3 Å². The number of nitrogens with one attached hydrogen (secondary N) is 2. The van der Waals surface area contributed by atoms with Crippen molar-refractivity contribution in [3.05, 3.63) is 24.3 Å². The predicted octanol–water partition coefficient (Wildman–Crippen LogP) is 3.53. The number of benzene rings is 1. The van der Waals surface area contributed by atoms with Crippen molar-refractivity contribution in [2.45, 2.75) is 51.5 Å². The van der Waals surface area contributed by atoms with Crippen LogP contribution in [-0.2, 0) is 9.53 Å². The number of hydrogen-bond acceptors (Lipinski definition) is 3. The van der Waals surface area contributed by atoms with E-state index in [0.717, 1.165) is 24.9 Å². The summed E-state index contributed by atoms with van der Waals surface area (Å²) < 4.78 is 5.36. The van der Waals surface area contributed by atoms with Crippen LogP contribution in [0, 0.1) is 5.41 Å². The van der Waals surface area contributed by atoms with Crippen LogP contribution >= 0.6 is 0 Å². The second kappa shape index (κ2) is 8.08. The minimum Gasteiger partial charge on any atom is -0.384 e. The molecule has 1 saturated heterocycles. The molecule has 2 fully saturated rings. The van der Waals surface area contributed by atoms with E-state index in [4.69, 9.17) is 4.74 Å². The van der Waals surface area contributed by atoms with Crippen molar-refractivity contribution < 1.29 is 14.3 Å². The first-order valence-corrected chi connectivity index (χ1v) is 9.49. The fourth-order valence-electron chi connectivity index (χ4n) is 4.21. The summed E-state index contributed by atoms with van der Waals surface area (Å²) in [5.74, 6) is 0.141. The molecule has 1 heterocycles. The average molecular weight is 359 g/mol. The van der Waals surface area contributed by atoms with E-state index < -0.39 is 0 Å². The van der Waals surface area contributed by atoms with Gasteiger partial charge in [0.2, 0.25) is 5.91 Å². The highest BCUT2D eigenvalue weighted by Gasteiger charge is 2.34. The van der Waals surface area contributed by atoms with Crippen molar-refractivity contribution in [3.8, 4) is 0 Å². The van der Waals surface area contributed by atoms with Gasteiger partial charge in [-0.1, -0.05) is 18.9 Å². The van der Waals surface area contributed by atoms with Crippen LogP contribution in [0.1, 0.15) is 45.4 Å². The summed E-state index contributed by atoms with van der Waals surface area (Å²) >= 11 is 0. The number of methoxy groups -OCH3 is 1. The Kier molecular flexibility index (Phi) is 5.81. The van der Waals surface area contributed by atoms with Crippen LogP contribution in [0.4, 0.5) is 16.2 Å². The van der Waals surface area contributed by atoms with Crippen LogP contribution in [0.3, 0.4) is 0 Å². The van der Waals surface area contributed by atoms with Gasteiger partial charge in [-0.3, -0.25) is 4.79 Å². The lowest BCUT2D eigenvalue weighted by Crippen LogP contribution is -2.40. The first-order valence-electron chi connectivity index (χ1n) is 9.49. The van der Waals surface area contributed by atoms with Crippen molar-refractivity contribution in [2.75, 3.05) is 30.5 Å². The van der Waals surface area contributed by atoms with E-state index in [1.165, 1.54) is 12.8 Å². The van der Waals surface area contributed by atoms with Gasteiger partial charge in [0.25, 0.3) is 0 Å². The van der Waals surface area contributed by atoms with E-state index in [-0.39, 0.29) is 23.4 Å². The normalized spacial score (nSPS) is 21.8. The quantitative estimate of drug-likeness (QED) is 0.816. The largest absolute Gasteiger partial charge is 0.384 e. The average Bonchev–Trinajstić information content (AvgIpc) is 3.21. The molecule has 0 radical (unpaired) electrons. The molecule has 6 heteroatoms. The lowest BCUT2D eigenvalue weighted by Gasteiger charge is -2.28. The molecule has 1 unspecified atom stereocenters. The predicted molar refractivity (Wildman–Crippen MR) is 102 cm³/mol. The number of amides is 3. The first kappa shape index (κ1) is 18.7. The van der Waals surface area contributed by atoms with E-state index in [1.807, 2.05) is 29.2 Å². The second-order valence-corrected chi connectivity index (χ2v) is 7.65. The van der Waals surface area contributed by atoms with E-state index in [1.54, 1.807) is 7.11 Å². The highest BCUT2D eigenvalue weighted by Crippen LogP contribution is 2.37. The van der Waals surface area contributed by atoms with Gasteiger partial charge in [-0.25, -0.2) is 4.79 Å². The summed E-state index contributed by atoms with van der Waals surface area (Å²) in [6, 6.07) is 7.46. The maximum atomic E-state index is 12.3. The lowest BCUT2D eigenvalue weighted by molar-refractivity contribution is -0.117. The zero-order valence-electron chi connectivity index (χ0n) is 15.7. The molecular weight excluding hydrogens is 330 g/mol. The number of ether oxygens (including phenoxy) is 1. The van der Waals surface area contributed by atoms with Crippen molar-refractivity contribution in [1.29, 1.82) is 0 Å². The molecule has 2 aliphatic rings. The fraction of sp³-hybridized carbons (Fsp3) is 0.600. The van der Waals surface area contributed by atoms with Crippen molar-refractivity contribution in [3.63, 3.8) is 0 Å². The topological polar surface area (TPSA) is 70.7 Å². The molecule has 1 atom stereocenters. The van der Waals surface area contributed by atoms with Gasteiger partial charge in [-0.15, -0.1) is 0 Å². The summed E-state index contributed by atoms with van der Waals surface area (Å²) in [7, 11) is 1.71. The molecule has 3 rings (SSSR count). The highest BCUT2D eigenvalue weighted by atomic mass is 16.5. The second-order valence-electron chi connectivity index (χ2n) is 7.65. The number of carbonyl (C=O) groups is 2. The molecule has 6 nitrogen and oxygen atoms in total.